The Balaban J connectivity index is 1.41. The molecule has 0 amide bonds. The Morgan fingerprint density at radius 1 is 0.971 bits per heavy atom. The van der Waals surface area contributed by atoms with Gasteiger partial charge in [0.05, 0.1) is 12.2 Å². The van der Waals surface area contributed by atoms with Crippen LogP contribution < -0.4 is 9.47 Å². The van der Waals surface area contributed by atoms with Crippen molar-refractivity contribution in [3.63, 3.8) is 0 Å². The number of aliphatic imine (C=N–C) groups is 1. The van der Waals surface area contributed by atoms with Gasteiger partial charge >= 0.3 is 11.9 Å². The number of esters is 2. The fourth-order valence-electron chi connectivity index (χ4n) is 3.10. The lowest BCUT2D eigenvalue weighted by Crippen LogP contribution is -2.08. The van der Waals surface area contributed by atoms with Crippen molar-refractivity contribution in [2.45, 2.75) is 19.8 Å². The summed E-state index contributed by atoms with van der Waals surface area (Å²) in [5, 5.41) is 0. The number of unbranched alkanes of at least 4 members (excludes halogenated alkanes) is 1. The molecule has 1 aliphatic heterocycles. The fourth-order valence-corrected chi connectivity index (χ4v) is 3.10. The molecule has 0 aliphatic carbocycles. The number of ether oxygens (including phenoxy) is 3. The molecule has 3 aromatic rings. The van der Waals surface area contributed by atoms with Crippen LogP contribution in [0.15, 0.2) is 83.5 Å². The van der Waals surface area contributed by atoms with Crippen LogP contribution in [-0.4, -0.2) is 24.4 Å². The molecule has 0 fully saturated rings. The number of carbonyl (C=O) groups is 2. The van der Waals surface area contributed by atoms with E-state index in [9.17, 15) is 14.0 Å². The van der Waals surface area contributed by atoms with Crippen LogP contribution in [0.2, 0.25) is 0 Å². The van der Waals surface area contributed by atoms with Crippen LogP contribution in [0.5, 0.6) is 11.5 Å². The summed E-state index contributed by atoms with van der Waals surface area (Å²) in [7, 11) is 0. The van der Waals surface area contributed by atoms with E-state index in [1.807, 2.05) is 12.1 Å². The van der Waals surface area contributed by atoms with E-state index in [1.165, 1.54) is 24.3 Å². The van der Waals surface area contributed by atoms with Gasteiger partial charge in [-0.1, -0.05) is 25.5 Å². The number of rotatable bonds is 8. The zero-order valence-electron chi connectivity index (χ0n) is 18.5. The van der Waals surface area contributed by atoms with E-state index >= 15 is 0 Å². The summed E-state index contributed by atoms with van der Waals surface area (Å²) >= 11 is 0. The largest absolute Gasteiger partial charge is 0.494 e. The van der Waals surface area contributed by atoms with E-state index < -0.39 is 17.8 Å². The third-order valence-corrected chi connectivity index (χ3v) is 4.96. The van der Waals surface area contributed by atoms with Crippen LogP contribution in [0.1, 0.15) is 41.3 Å². The number of hydrogen-bond donors (Lipinski definition) is 0. The Labute approximate surface area is 196 Å². The lowest BCUT2D eigenvalue weighted by molar-refractivity contribution is -0.129. The van der Waals surface area contributed by atoms with E-state index in [0.717, 1.165) is 18.6 Å². The number of nitrogens with zero attached hydrogens (tertiary/aromatic N) is 1. The SMILES string of the molecule is CCCCOc1ccc(C2=N/C(=C\c3ccc(OC(=O)c4ccc(F)cc4)cc3)C(=O)O2)cc1. The minimum atomic E-state index is -0.596. The Morgan fingerprint density at radius 2 is 1.65 bits per heavy atom. The first-order chi connectivity index (χ1) is 16.5. The molecule has 0 atom stereocenters. The Bertz CT molecular complexity index is 1230. The topological polar surface area (TPSA) is 74.2 Å². The summed E-state index contributed by atoms with van der Waals surface area (Å²) in [5.41, 5.74) is 1.75. The minimum Gasteiger partial charge on any atom is -0.494 e. The number of halogens is 1. The van der Waals surface area contributed by atoms with Gasteiger partial charge in [0, 0.05) is 5.56 Å². The van der Waals surface area contributed by atoms with Gasteiger partial charge < -0.3 is 14.2 Å². The van der Waals surface area contributed by atoms with Crippen molar-refractivity contribution in [2.24, 2.45) is 4.99 Å². The maximum atomic E-state index is 13.0. The van der Waals surface area contributed by atoms with Crippen LogP contribution in [-0.2, 0) is 9.53 Å². The highest BCUT2D eigenvalue weighted by Gasteiger charge is 2.24. The van der Waals surface area contributed by atoms with Gasteiger partial charge in [0.1, 0.15) is 17.3 Å². The van der Waals surface area contributed by atoms with E-state index in [4.69, 9.17) is 14.2 Å². The molecule has 0 N–H and O–H groups in total. The van der Waals surface area contributed by atoms with Gasteiger partial charge in [-0.15, -0.1) is 0 Å². The summed E-state index contributed by atoms with van der Waals surface area (Å²) < 4.78 is 29.2. The Hall–Kier alpha value is -4.26. The molecule has 4 rings (SSSR count). The molecule has 172 valence electrons. The van der Waals surface area contributed by atoms with Crippen LogP contribution in [0.3, 0.4) is 0 Å². The molecule has 0 saturated heterocycles. The maximum absolute atomic E-state index is 13.0. The zero-order valence-corrected chi connectivity index (χ0v) is 18.5. The van der Waals surface area contributed by atoms with Gasteiger partial charge in [0.2, 0.25) is 5.90 Å². The second-order valence-electron chi connectivity index (χ2n) is 7.53. The highest BCUT2D eigenvalue weighted by Crippen LogP contribution is 2.22. The second kappa shape index (κ2) is 10.6. The maximum Gasteiger partial charge on any atom is 0.363 e. The monoisotopic (exact) mass is 459 g/mol. The Morgan fingerprint density at radius 3 is 2.32 bits per heavy atom. The average molecular weight is 459 g/mol. The van der Waals surface area contributed by atoms with Gasteiger partial charge in [-0.2, -0.15) is 0 Å². The molecule has 0 bridgehead atoms. The van der Waals surface area contributed by atoms with Gasteiger partial charge in [-0.05, 0) is 78.7 Å². The third kappa shape index (κ3) is 5.75. The first kappa shape index (κ1) is 22.9. The molecule has 34 heavy (non-hydrogen) atoms. The van der Waals surface area contributed by atoms with Gasteiger partial charge in [0.25, 0.3) is 0 Å². The quantitative estimate of drug-likeness (QED) is 0.191. The zero-order chi connectivity index (χ0) is 23.9. The van der Waals surface area contributed by atoms with E-state index in [-0.39, 0.29) is 17.2 Å². The molecule has 6 nitrogen and oxygen atoms in total. The van der Waals surface area contributed by atoms with E-state index in [2.05, 4.69) is 11.9 Å². The fraction of sp³-hybridized carbons (Fsp3) is 0.148. The van der Waals surface area contributed by atoms with Crippen molar-refractivity contribution in [3.05, 3.63) is 101 Å². The summed E-state index contributed by atoms with van der Waals surface area (Å²) in [6, 6.07) is 18.9. The molecule has 0 aromatic heterocycles. The van der Waals surface area contributed by atoms with E-state index in [1.54, 1.807) is 42.5 Å². The lowest BCUT2D eigenvalue weighted by atomic mass is 10.2. The molecule has 3 aromatic carbocycles. The van der Waals surface area contributed by atoms with Crippen molar-refractivity contribution < 1.29 is 28.2 Å². The number of hydrogen-bond acceptors (Lipinski definition) is 6. The first-order valence-electron chi connectivity index (χ1n) is 10.9. The first-order valence-corrected chi connectivity index (χ1v) is 10.9. The molecule has 0 spiro atoms. The molecule has 0 radical (unpaired) electrons. The second-order valence-corrected chi connectivity index (χ2v) is 7.53. The summed E-state index contributed by atoms with van der Waals surface area (Å²) in [6.45, 7) is 2.76. The summed E-state index contributed by atoms with van der Waals surface area (Å²) in [4.78, 5) is 28.7. The smallest absolute Gasteiger partial charge is 0.363 e. The van der Waals surface area contributed by atoms with Crippen molar-refractivity contribution in [1.29, 1.82) is 0 Å². The standard InChI is InChI=1S/C27H22FNO5/c1-2-3-16-32-22-14-8-19(9-15-22)25-29-24(27(31)34-25)17-18-4-12-23(13-5-18)33-26(30)20-6-10-21(28)11-7-20/h4-15,17H,2-3,16H2,1H3/b24-17-. The van der Waals surface area contributed by atoms with Crippen LogP contribution >= 0.6 is 0 Å². The summed E-state index contributed by atoms with van der Waals surface area (Å²) in [5.74, 6) is -0.291. The predicted molar refractivity (Wildman–Crippen MR) is 125 cm³/mol. The molecule has 1 aliphatic rings. The molecule has 1 heterocycles. The highest BCUT2D eigenvalue weighted by molar-refractivity contribution is 6.12. The van der Waals surface area contributed by atoms with Crippen molar-refractivity contribution in [1.82, 2.24) is 0 Å². The van der Waals surface area contributed by atoms with Gasteiger partial charge in [0.15, 0.2) is 5.70 Å². The molecule has 7 heteroatoms. The minimum absolute atomic E-state index is 0.161. The van der Waals surface area contributed by atoms with Crippen LogP contribution in [0.25, 0.3) is 6.08 Å². The highest BCUT2D eigenvalue weighted by atomic mass is 19.1. The normalized spacial score (nSPS) is 14.0. The van der Waals surface area contributed by atoms with Crippen LogP contribution in [0.4, 0.5) is 4.39 Å². The lowest BCUT2D eigenvalue weighted by Gasteiger charge is -2.05. The van der Waals surface area contributed by atoms with Gasteiger partial charge in [-0.25, -0.2) is 19.0 Å². The molecular weight excluding hydrogens is 437 g/mol. The number of carbonyl (C=O) groups excluding carboxylic acids is 2. The molecule has 0 saturated carbocycles. The average Bonchev–Trinajstić information content (AvgIpc) is 3.21. The van der Waals surface area contributed by atoms with Crippen LogP contribution in [0, 0.1) is 5.82 Å². The summed E-state index contributed by atoms with van der Waals surface area (Å²) in [6.07, 6.45) is 3.63. The Kier molecular flexibility index (Phi) is 7.13. The molecule has 0 unspecified atom stereocenters. The van der Waals surface area contributed by atoms with Crippen molar-refractivity contribution in [3.8, 4) is 11.5 Å². The van der Waals surface area contributed by atoms with Crippen molar-refractivity contribution >= 4 is 23.9 Å². The molecular formula is C27H22FNO5. The number of benzene rings is 3. The van der Waals surface area contributed by atoms with Crippen molar-refractivity contribution in [2.75, 3.05) is 6.61 Å². The third-order valence-electron chi connectivity index (χ3n) is 4.96. The number of cyclic esters (lactones) is 1. The van der Waals surface area contributed by atoms with Gasteiger partial charge in [-0.3, -0.25) is 0 Å². The van der Waals surface area contributed by atoms with E-state index in [0.29, 0.717) is 23.5 Å². The predicted octanol–water partition coefficient (Wildman–Crippen LogP) is 5.57.